The van der Waals surface area contributed by atoms with E-state index >= 15 is 0 Å². The average Bonchev–Trinajstić information content (AvgIpc) is 2.54. The summed E-state index contributed by atoms with van der Waals surface area (Å²) in [6, 6.07) is 5.96. The van der Waals surface area contributed by atoms with E-state index in [0.29, 0.717) is 17.4 Å². The molecule has 1 aliphatic carbocycles. The predicted octanol–water partition coefficient (Wildman–Crippen LogP) is 3.70. The maximum Gasteiger partial charge on any atom is 0.218 e. The summed E-state index contributed by atoms with van der Waals surface area (Å²) in [5, 5.41) is 13.0. The van der Waals surface area contributed by atoms with Crippen molar-refractivity contribution in [2.24, 2.45) is 0 Å². The summed E-state index contributed by atoms with van der Waals surface area (Å²) in [7, 11) is 0. The van der Waals surface area contributed by atoms with Crippen molar-refractivity contribution in [1.29, 1.82) is 0 Å². The first-order valence-corrected chi connectivity index (χ1v) is 7.88. The molecule has 5 nitrogen and oxygen atoms in total. The van der Waals surface area contributed by atoms with Crippen molar-refractivity contribution in [3.05, 3.63) is 41.4 Å². The van der Waals surface area contributed by atoms with Crippen LogP contribution in [-0.4, -0.2) is 27.3 Å². The lowest BCUT2D eigenvalue weighted by Crippen LogP contribution is -2.34. The molecule has 1 heterocycles. The molecule has 1 fully saturated rings. The Kier molecular flexibility index (Phi) is 4.93. The van der Waals surface area contributed by atoms with Crippen molar-refractivity contribution in [3.8, 4) is 5.88 Å². The number of nitrogens with zero attached hydrogens (tertiary/aromatic N) is 2. The van der Waals surface area contributed by atoms with E-state index in [-0.39, 0.29) is 11.1 Å². The Morgan fingerprint density at radius 3 is 2.83 bits per heavy atom. The monoisotopic (exact) mass is 337 g/mol. The molecule has 23 heavy (non-hydrogen) atoms. The van der Waals surface area contributed by atoms with E-state index in [1.54, 1.807) is 12.1 Å². The van der Waals surface area contributed by atoms with Crippen LogP contribution in [0.25, 0.3) is 0 Å². The molecule has 1 saturated carbocycles. The van der Waals surface area contributed by atoms with E-state index in [2.05, 4.69) is 15.3 Å². The molecule has 122 valence electrons. The third kappa shape index (κ3) is 4.09. The van der Waals surface area contributed by atoms with Crippen molar-refractivity contribution in [1.82, 2.24) is 9.97 Å². The predicted molar refractivity (Wildman–Crippen MR) is 85.6 cm³/mol. The van der Waals surface area contributed by atoms with E-state index in [4.69, 9.17) is 16.3 Å². The van der Waals surface area contributed by atoms with Crippen molar-refractivity contribution >= 4 is 23.1 Å². The first-order chi connectivity index (χ1) is 11.1. The molecule has 1 aromatic heterocycles. The van der Waals surface area contributed by atoms with Crippen molar-refractivity contribution in [3.63, 3.8) is 0 Å². The smallest absolute Gasteiger partial charge is 0.218 e. The maximum absolute atomic E-state index is 13.2. The largest absolute Gasteiger partial charge is 0.471 e. The van der Waals surface area contributed by atoms with Gasteiger partial charge in [-0.05, 0) is 37.5 Å². The van der Waals surface area contributed by atoms with Gasteiger partial charge in [-0.25, -0.2) is 14.4 Å². The number of hydrogen-bond donors (Lipinski definition) is 2. The Balaban J connectivity index is 1.70. The Morgan fingerprint density at radius 1 is 1.22 bits per heavy atom. The molecule has 1 aliphatic rings. The summed E-state index contributed by atoms with van der Waals surface area (Å²) in [4.78, 5) is 8.17. The first kappa shape index (κ1) is 16.0. The van der Waals surface area contributed by atoms with E-state index in [1.807, 2.05) is 0 Å². The van der Waals surface area contributed by atoms with Gasteiger partial charge in [0, 0.05) is 11.8 Å². The number of halogens is 2. The zero-order valence-electron chi connectivity index (χ0n) is 12.4. The van der Waals surface area contributed by atoms with E-state index in [9.17, 15) is 9.50 Å². The van der Waals surface area contributed by atoms with Crippen molar-refractivity contribution in [2.45, 2.75) is 37.9 Å². The van der Waals surface area contributed by atoms with E-state index in [0.717, 1.165) is 25.7 Å². The number of aromatic nitrogens is 2. The molecule has 2 atom stereocenters. The second kappa shape index (κ2) is 7.10. The molecule has 0 spiro atoms. The number of nitrogens with one attached hydrogen (secondary N) is 1. The Labute approximate surface area is 138 Å². The molecule has 2 unspecified atom stereocenters. The molecule has 2 aromatic rings. The number of rotatable bonds is 4. The van der Waals surface area contributed by atoms with Crippen LogP contribution in [0, 0.1) is 5.82 Å². The number of benzene rings is 1. The minimum Gasteiger partial charge on any atom is -0.471 e. The molecule has 2 N–H and O–H groups in total. The third-order valence-corrected chi connectivity index (χ3v) is 4.06. The maximum atomic E-state index is 13.2. The van der Waals surface area contributed by atoms with Crippen LogP contribution in [0.1, 0.15) is 25.7 Å². The van der Waals surface area contributed by atoms with Crippen LogP contribution in [0.4, 0.5) is 15.9 Å². The van der Waals surface area contributed by atoms with Gasteiger partial charge in [-0.15, -0.1) is 0 Å². The van der Waals surface area contributed by atoms with Gasteiger partial charge >= 0.3 is 0 Å². The summed E-state index contributed by atoms with van der Waals surface area (Å²) < 4.78 is 18.9. The summed E-state index contributed by atoms with van der Waals surface area (Å²) in [5.74, 6) is 0.417. The number of anilines is 2. The summed E-state index contributed by atoms with van der Waals surface area (Å²) in [5.41, 5.74) is 0.610. The Hall–Kier alpha value is -1.92. The van der Waals surface area contributed by atoms with Crippen LogP contribution < -0.4 is 10.1 Å². The minimum absolute atomic E-state index is 0.0332. The van der Waals surface area contributed by atoms with Crippen LogP contribution in [0.2, 0.25) is 5.02 Å². The van der Waals surface area contributed by atoms with Crippen molar-refractivity contribution in [2.75, 3.05) is 5.32 Å². The molecule has 0 radical (unpaired) electrons. The summed E-state index contributed by atoms with van der Waals surface area (Å²) in [6.07, 6.45) is 4.27. The highest BCUT2D eigenvalue weighted by Gasteiger charge is 2.25. The fraction of sp³-hybridized carbons (Fsp3) is 0.375. The van der Waals surface area contributed by atoms with Crippen LogP contribution in [-0.2, 0) is 0 Å². The van der Waals surface area contributed by atoms with Crippen LogP contribution in [0.5, 0.6) is 5.88 Å². The molecule has 0 amide bonds. The molecule has 0 bridgehead atoms. The molecule has 0 aliphatic heterocycles. The van der Waals surface area contributed by atoms with Gasteiger partial charge in [0.1, 0.15) is 24.1 Å². The van der Waals surface area contributed by atoms with Crippen LogP contribution in [0.15, 0.2) is 30.6 Å². The average molecular weight is 338 g/mol. The second-order valence-corrected chi connectivity index (χ2v) is 5.91. The van der Waals surface area contributed by atoms with Gasteiger partial charge in [-0.1, -0.05) is 18.0 Å². The highest BCUT2D eigenvalue weighted by molar-refractivity contribution is 6.31. The highest BCUT2D eigenvalue weighted by atomic mass is 35.5. The lowest BCUT2D eigenvalue weighted by atomic mass is 9.95. The van der Waals surface area contributed by atoms with Gasteiger partial charge in [0.05, 0.1) is 11.1 Å². The summed E-state index contributed by atoms with van der Waals surface area (Å²) in [6.45, 7) is 0. The molecule has 1 aromatic carbocycles. The quantitative estimate of drug-likeness (QED) is 0.890. The number of ether oxygens (including phenoxy) is 1. The van der Waals surface area contributed by atoms with Gasteiger partial charge < -0.3 is 15.2 Å². The summed E-state index contributed by atoms with van der Waals surface area (Å²) >= 11 is 5.76. The fourth-order valence-electron chi connectivity index (χ4n) is 2.56. The van der Waals surface area contributed by atoms with Crippen LogP contribution >= 0.6 is 11.6 Å². The lowest BCUT2D eigenvalue weighted by molar-refractivity contribution is 0.00448. The molecule has 3 rings (SSSR count). The SMILES string of the molecule is OC1CCCCC1Oc1cc(Nc2ccc(F)c(Cl)c2)ncn1. The minimum atomic E-state index is -0.477. The second-order valence-electron chi connectivity index (χ2n) is 5.50. The zero-order valence-corrected chi connectivity index (χ0v) is 13.1. The highest BCUT2D eigenvalue weighted by Crippen LogP contribution is 2.25. The molecule has 7 heteroatoms. The van der Waals surface area contributed by atoms with E-state index < -0.39 is 11.9 Å². The van der Waals surface area contributed by atoms with Gasteiger partial charge in [-0.3, -0.25) is 0 Å². The van der Waals surface area contributed by atoms with Gasteiger partial charge in [-0.2, -0.15) is 0 Å². The van der Waals surface area contributed by atoms with E-state index in [1.165, 1.54) is 18.5 Å². The van der Waals surface area contributed by atoms with Gasteiger partial charge in [0.25, 0.3) is 0 Å². The van der Waals surface area contributed by atoms with Crippen molar-refractivity contribution < 1.29 is 14.2 Å². The third-order valence-electron chi connectivity index (χ3n) is 3.77. The molecule has 0 saturated heterocycles. The van der Waals surface area contributed by atoms with Gasteiger partial charge in [0.15, 0.2) is 0 Å². The van der Waals surface area contributed by atoms with Crippen LogP contribution in [0.3, 0.4) is 0 Å². The lowest BCUT2D eigenvalue weighted by Gasteiger charge is -2.27. The number of aliphatic hydroxyl groups excluding tert-OH is 1. The molecular formula is C16H17ClFN3O2. The fourth-order valence-corrected chi connectivity index (χ4v) is 2.74. The molecular weight excluding hydrogens is 321 g/mol. The Bertz CT molecular complexity index is 686. The topological polar surface area (TPSA) is 67.3 Å². The zero-order chi connectivity index (χ0) is 16.2. The number of aliphatic hydroxyl groups is 1. The number of hydrogen-bond acceptors (Lipinski definition) is 5. The standard InChI is InChI=1S/C16H17ClFN3O2/c17-11-7-10(5-6-12(11)18)21-15-8-16(20-9-19-15)23-14-4-2-1-3-13(14)22/h5-9,13-14,22H,1-4H2,(H,19,20,21). The normalized spacial score (nSPS) is 21.0. The Morgan fingerprint density at radius 2 is 2.04 bits per heavy atom. The first-order valence-electron chi connectivity index (χ1n) is 7.50. The van der Waals surface area contributed by atoms with Gasteiger partial charge in [0.2, 0.25) is 5.88 Å².